The third kappa shape index (κ3) is 7.89. The number of ether oxygens (including phenoxy) is 2. The normalized spacial score (nSPS) is 13.2. The number of amides is 2. The van der Waals surface area contributed by atoms with Crippen LogP contribution in [0.25, 0.3) is 0 Å². The Morgan fingerprint density at radius 2 is 1.64 bits per heavy atom. The van der Waals surface area contributed by atoms with Gasteiger partial charge in [-0.2, -0.15) is 4.58 Å². The van der Waals surface area contributed by atoms with E-state index in [0.29, 0.717) is 17.9 Å². The molecule has 2 unspecified atom stereocenters. The molecule has 0 heterocycles. The average molecular weight is 534 g/mol. The Labute approximate surface area is 229 Å². The number of aliphatic hydroxyl groups excluding tert-OH is 1. The van der Waals surface area contributed by atoms with E-state index in [0.717, 1.165) is 16.7 Å². The molecule has 0 aromatic heterocycles. The summed E-state index contributed by atoms with van der Waals surface area (Å²) in [6.07, 6.45) is 0.244. The third-order valence-electron chi connectivity index (χ3n) is 6.63. The van der Waals surface area contributed by atoms with Gasteiger partial charge in [-0.1, -0.05) is 54.6 Å². The maximum atomic E-state index is 13.5. The number of aliphatic hydroxyl groups is 1. The summed E-state index contributed by atoms with van der Waals surface area (Å²) in [6.45, 7) is 0.558. The second-order valence-corrected chi connectivity index (χ2v) is 9.28. The number of likely N-dealkylation sites (N-methyl/N-ethyl adjacent to an activating group) is 2. The second-order valence-electron chi connectivity index (χ2n) is 9.28. The molecule has 3 rings (SSSR count). The minimum absolute atomic E-state index is 0.0160. The van der Waals surface area contributed by atoms with Gasteiger partial charge in [0.15, 0.2) is 6.04 Å². The van der Waals surface area contributed by atoms with Crippen molar-refractivity contribution in [2.75, 3.05) is 27.8 Å². The molecule has 9 nitrogen and oxygen atoms in total. The number of rotatable bonds is 13. The highest BCUT2D eigenvalue weighted by atomic mass is 16.5. The highest BCUT2D eigenvalue weighted by Crippen LogP contribution is 2.15. The Balaban J connectivity index is 1.91. The predicted molar refractivity (Wildman–Crippen MR) is 150 cm³/mol. The lowest BCUT2D eigenvalue weighted by Crippen LogP contribution is -2.51. The fourth-order valence-electron chi connectivity index (χ4n) is 4.21. The van der Waals surface area contributed by atoms with Crippen LogP contribution in [0, 0.1) is 0 Å². The van der Waals surface area contributed by atoms with Crippen molar-refractivity contribution in [1.29, 1.82) is 0 Å². The van der Waals surface area contributed by atoms with E-state index in [-0.39, 0.29) is 31.4 Å². The van der Waals surface area contributed by atoms with E-state index in [9.17, 15) is 14.7 Å². The molecule has 3 aromatic rings. The number of nitrogens with zero attached hydrogens (tertiary/aromatic N) is 2. The summed E-state index contributed by atoms with van der Waals surface area (Å²) >= 11 is 0. The lowest BCUT2D eigenvalue weighted by atomic mass is 10.0. The van der Waals surface area contributed by atoms with Gasteiger partial charge in [0.25, 0.3) is 11.8 Å². The van der Waals surface area contributed by atoms with Gasteiger partial charge in [0.1, 0.15) is 12.8 Å². The number of methoxy groups -OCH3 is 1. The summed E-state index contributed by atoms with van der Waals surface area (Å²) in [6, 6.07) is 22.1. The maximum Gasteiger partial charge on any atom is 0.360 e. The zero-order valence-corrected chi connectivity index (χ0v) is 22.6. The van der Waals surface area contributed by atoms with E-state index in [1.807, 2.05) is 48.5 Å². The van der Waals surface area contributed by atoms with Gasteiger partial charge in [0.05, 0.1) is 20.3 Å². The smallest absolute Gasteiger partial charge is 0.360 e. The Hall–Kier alpha value is -4.21. The molecule has 206 valence electrons. The van der Waals surface area contributed by atoms with Gasteiger partial charge in [-0.25, -0.2) is 0 Å². The van der Waals surface area contributed by atoms with Crippen molar-refractivity contribution in [3.63, 3.8) is 0 Å². The highest BCUT2D eigenvalue weighted by molar-refractivity contribution is 5.96. The average Bonchev–Trinajstić information content (AvgIpc) is 2.97. The third-order valence-corrected chi connectivity index (χ3v) is 6.63. The SMILES string of the molecule is COc1ccc(CC(C(N)=O)[N+](C)=C(O)C(COCc2ccccc2)N(C)C(=O)c2cccc(CN)c2)cc1. The van der Waals surface area contributed by atoms with Gasteiger partial charge in [-0.05, 0) is 41.0 Å². The molecule has 2 amide bonds. The van der Waals surface area contributed by atoms with Crippen molar-refractivity contribution < 1.29 is 28.7 Å². The Bertz CT molecular complexity index is 1280. The van der Waals surface area contributed by atoms with Crippen LogP contribution in [0.5, 0.6) is 5.75 Å². The summed E-state index contributed by atoms with van der Waals surface area (Å²) in [5.41, 5.74) is 14.5. The molecule has 9 heteroatoms. The van der Waals surface area contributed by atoms with Gasteiger partial charge in [0.2, 0.25) is 6.04 Å². The number of nitrogens with two attached hydrogens (primary N) is 2. The van der Waals surface area contributed by atoms with E-state index < -0.39 is 18.0 Å². The molecule has 0 spiro atoms. The molecular weight excluding hydrogens is 496 g/mol. The first-order valence-electron chi connectivity index (χ1n) is 12.6. The topological polar surface area (TPSA) is 131 Å². The number of benzene rings is 3. The van der Waals surface area contributed by atoms with Gasteiger partial charge < -0.3 is 30.9 Å². The first-order valence-corrected chi connectivity index (χ1v) is 12.6. The lowest BCUT2D eigenvalue weighted by Gasteiger charge is -2.26. The van der Waals surface area contributed by atoms with Crippen molar-refractivity contribution in [1.82, 2.24) is 4.90 Å². The van der Waals surface area contributed by atoms with Crippen LogP contribution in [0.3, 0.4) is 0 Å². The summed E-state index contributed by atoms with van der Waals surface area (Å²) < 4.78 is 12.5. The minimum Gasteiger partial charge on any atom is -0.497 e. The molecule has 2 atom stereocenters. The fraction of sp³-hybridized carbons (Fsp3) is 0.300. The Morgan fingerprint density at radius 3 is 2.26 bits per heavy atom. The number of carbonyl (C=O) groups is 2. The van der Waals surface area contributed by atoms with Crippen molar-refractivity contribution in [2.24, 2.45) is 11.5 Å². The van der Waals surface area contributed by atoms with Crippen LogP contribution in [0.15, 0.2) is 78.9 Å². The highest BCUT2D eigenvalue weighted by Gasteiger charge is 2.36. The molecule has 0 saturated heterocycles. The Morgan fingerprint density at radius 1 is 0.974 bits per heavy atom. The predicted octanol–water partition coefficient (Wildman–Crippen LogP) is 2.51. The van der Waals surface area contributed by atoms with Gasteiger partial charge in [-0.3, -0.25) is 9.59 Å². The van der Waals surface area contributed by atoms with E-state index in [1.54, 1.807) is 51.5 Å². The van der Waals surface area contributed by atoms with Crippen LogP contribution in [0.1, 0.15) is 27.0 Å². The zero-order chi connectivity index (χ0) is 28.4. The van der Waals surface area contributed by atoms with E-state index in [1.165, 1.54) is 9.48 Å². The number of carbonyl (C=O) groups excluding carboxylic acids is 2. The molecule has 0 aliphatic carbocycles. The zero-order valence-electron chi connectivity index (χ0n) is 22.6. The molecule has 0 saturated carbocycles. The lowest BCUT2D eigenvalue weighted by molar-refractivity contribution is -0.533. The van der Waals surface area contributed by atoms with Crippen LogP contribution in [-0.4, -0.2) is 72.2 Å². The van der Waals surface area contributed by atoms with Crippen LogP contribution in [-0.2, 0) is 29.1 Å². The number of hydrogen-bond acceptors (Lipinski definition) is 5. The first kappa shape index (κ1) is 29.3. The van der Waals surface area contributed by atoms with Crippen LogP contribution in [0.2, 0.25) is 0 Å². The quantitative estimate of drug-likeness (QED) is 0.176. The van der Waals surface area contributed by atoms with Crippen molar-refractivity contribution in [3.8, 4) is 5.75 Å². The van der Waals surface area contributed by atoms with Crippen LogP contribution in [0.4, 0.5) is 0 Å². The fourth-order valence-corrected chi connectivity index (χ4v) is 4.21. The molecule has 3 aromatic carbocycles. The molecule has 0 aliphatic rings. The number of primary amides is 1. The standard InChI is InChI=1S/C30H36N4O5/c1-33(26(28(32)35)17-21-12-14-25(38-3)15-13-21)30(37)27(20-39-19-22-8-5-4-6-9-22)34(2)29(36)24-11-7-10-23(16-24)18-31/h4-16,26-27H,17-20,31H2,1-3H3,(H2,32,35)/p+1. The van der Waals surface area contributed by atoms with Gasteiger partial charge in [-0.15, -0.1) is 0 Å². The molecule has 0 fully saturated rings. The van der Waals surface area contributed by atoms with Gasteiger partial charge >= 0.3 is 5.90 Å². The molecule has 39 heavy (non-hydrogen) atoms. The number of hydrogen-bond donors (Lipinski definition) is 3. The van der Waals surface area contributed by atoms with E-state index in [4.69, 9.17) is 20.9 Å². The summed E-state index contributed by atoms with van der Waals surface area (Å²) in [5, 5.41) is 11.4. The van der Waals surface area contributed by atoms with Gasteiger partial charge in [0, 0.05) is 25.6 Å². The molecular formula is C30H37N4O5+. The summed E-state index contributed by atoms with van der Waals surface area (Å²) in [5.74, 6) is -0.476. The van der Waals surface area contributed by atoms with Crippen molar-refractivity contribution in [2.45, 2.75) is 31.7 Å². The largest absolute Gasteiger partial charge is 0.497 e. The van der Waals surface area contributed by atoms with Crippen LogP contribution < -0.4 is 16.2 Å². The van der Waals surface area contributed by atoms with Crippen molar-refractivity contribution >= 4 is 17.7 Å². The van der Waals surface area contributed by atoms with E-state index in [2.05, 4.69) is 0 Å². The Kier molecular flexibility index (Phi) is 10.6. The summed E-state index contributed by atoms with van der Waals surface area (Å²) in [7, 11) is 4.73. The second kappa shape index (κ2) is 14.1. The summed E-state index contributed by atoms with van der Waals surface area (Å²) in [4.78, 5) is 27.4. The molecule has 0 bridgehead atoms. The maximum absolute atomic E-state index is 13.5. The monoisotopic (exact) mass is 533 g/mol. The first-order chi connectivity index (χ1) is 18.7. The molecule has 0 aliphatic heterocycles. The molecule has 0 radical (unpaired) electrons. The minimum atomic E-state index is -0.898. The molecule has 5 N–H and O–H groups in total. The van der Waals surface area contributed by atoms with Crippen LogP contribution >= 0.6 is 0 Å². The van der Waals surface area contributed by atoms with Crippen molar-refractivity contribution in [3.05, 3.63) is 101 Å². The van der Waals surface area contributed by atoms with E-state index >= 15 is 0 Å².